The summed E-state index contributed by atoms with van der Waals surface area (Å²) >= 11 is 0. The molecule has 0 unspecified atom stereocenters. The molecule has 0 spiro atoms. The van der Waals surface area contributed by atoms with Gasteiger partial charge in [-0.1, -0.05) is 67.9 Å². The Hall–Kier alpha value is -1.45. The average Bonchev–Trinajstić information content (AvgIpc) is 3.02. The first kappa shape index (κ1) is 19.6. The SMILES string of the molecule is CC.[V].[V].c1ccc2c(c1)C[N-]c1ccccc1-c1nn[n-]c1-2. The van der Waals surface area contributed by atoms with E-state index in [9.17, 15) is 0 Å². The van der Waals surface area contributed by atoms with Crippen molar-refractivity contribution in [2.45, 2.75) is 20.4 Å². The van der Waals surface area contributed by atoms with E-state index in [4.69, 9.17) is 0 Å². The Morgan fingerprint density at radius 3 is 2.30 bits per heavy atom. The molecule has 116 valence electrons. The van der Waals surface area contributed by atoms with E-state index in [1.807, 2.05) is 56.3 Å². The fourth-order valence-electron chi connectivity index (χ4n) is 2.44. The minimum atomic E-state index is 0. The van der Waals surface area contributed by atoms with Crippen LogP contribution in [0.3, 0.4) is 0 Å². The maximum absolute atomic E-state index is 4.67. The fraction of sp³-hybridized carbons (Fsp3) is 0.176. The fourth-order valence-corrected chi connectivity index (χ4v) is 2.44. The Balaban J connectivity index is 0.000000638. The number of benzene rings is 2. The van der Waals surface area contributed by atoms with E-state index >= 15 is 0 Å². The molecule has 2 radical (unpaired) electrons. The van der Waals surface area contributed by atoms with Crippen LogP contribution < -0.4 is 5.10 Å². The molecular weight excluding hydrogens is 362 g/mol. The van der Waals surface area contributed by atoms with E-state index in [0.29, 0.717) is 6.54 Å². The third-order valence-corrected chi connectivity index (χ3v) is 3.37. The molecule has 6 heteroatoms. The zero-order valence-corrected chi connectivity index (χ0v) is 15.8. The van der Waals surface area contributed by atoms with Gasteiger partial charge in [0, 0.05) is 37.1 Å². The van der Waals surface area contributed by atoms with Gasteiger partial charge in [-0.3, -0.25) is 5.21 Å². The largest absolute Gasteiger partial charge is 0.680 e. The molecule has 0 bridgehead atoms. The number of nitrogens with zero attached hydrogens (tertiary/aromatic N) is 4. The molecule has 4 nitrogen and oxygen atoms in total. The van der Waals surface area contributed by atoms with E-state index in [-0.39, 0.29) is 37.1 Å². The van der Waals surface area contributed by atoms with Crippen molar-refractivity contribution in [3.05, 3.63) is 59.4 Å². The summed E-state index contributed by atoms with van der Waals surface area (Å²) in [6.45, 7) is 4.65. The summed E-state index contributed by atoms with van der Waals surface area (Å²) in [4.78, 5) is 0. The van der Waals surface area contributed by atoms with Crippen LogP contribution in [-0.2, 0) is 43.7 Å². The van der Waals surface area contributed by atoms with Gasteiger partial charge in [0.25, 0.3) is 0 Å². The van der Waals surface area contributed by atoms with Gasteiger partial charge in [-0.25, -0.2) is 0 Å². The number of hydrogen-bond donors (Lipinski definition) is 0. The van der Waals surface area contributed by atoms with Crippen LogP contribution in [0.5, 0.6) is 0 Å². The zero-order valence-electron chi connectivity index (χ0n) is 13.0. The molecule has 0 aliphatic carbocycles. The summed E-state index contributed by atoms with van der Waals surface area (Å²) in [5, 5.41) is 16.9. The van der Waals surface area contributed by atoms with Crippen molar-refractivity contribution in [1.29, 1.82) is 0 Å². The minimum absolute atomic E-state index is 0. The third kappa shape index (κ3) is 3.73. The van der Waals surface area contributed by atoms with Gasteiger partial charge in [-0.15, -0.1) is 12.2 Å². The Morgan fingerprint density at radius 1 is 0.870 bits per heavy atom. The normalized spacial score (nSPS) is 10.5. The quantitative estimate of drug-likeness (QED) is 0.586. The van der Waals surface area contributed by atoms with Gasteiger partial charge in [0.2, 0.25) is 0 Å². The van der Waals surface area contributed by atoms with E-state index in [1.54, 1.807) is 0 Å². The number of aromatic nitrogens is 3. The molecule has 1 aliphatic rings. The van der Waals surface area contributed by atoms with Crippen LogP contribution in [0.1, 0.15) is 19.4 Å². The Bertz CT molecular complexity index is 694. The predicted molar refractivity (Wildman–Crippen MR) is 84.3 cm³/mol. The molecular formula is C17H16N4V2-2. The van der Waals surface area contributed by atoms with Gasteiger partial charge < -0.3 is 15.5 Å². The smallest absolute Gasteiger partial charge is 0 e. The van der Waals surface area contributed by atoms with Gasteiger partial charge in [0.15, 0.2) is 0 Å². The van der Waals surface area contributed by atoms with Crippen LogP contribution in [0.25, 0.3) is 27.8 Å². The molecule has 0 atom stereocenters. The van der Waals surface area contributed by atoms with Crippen LogP contribution in [-0.4, -0.2) is 10.3 Å². The van der Waals surface area contributed by atoms with E-state index in [1.165, 1.54) is 0 Å². The van der Waals surface area contributed by atoms with Crippen molar-refractivity contribution in [3.63, 3.8) is 0 Å². The van der Waals surface area contributed by atoms with Gasteiger partial charge >= 0.3 is 0 Å². The summed E-state index contributed by atoms with van der Waals surface area (Å²) in [7, 11) is 0. The molecule has 2 heterocycles. The Morgan fingerprint density at radius 2 is 1.52 bits per heavy atom. The summed E-state index contributed by atoms with van der Waals surface area (Å²) < 4.78 is 0. The molecule has 0 amide bonds. The second-order valence-corrected chi connectivity index (χ2v) is 4.48. The zero-order chi connectivity index (χ0) is 14.7. The molecule has 0 saturated heterocycles. The molecule has 1 aliphatic heterocycles. The molecule has 2 aromatic carbocycles. The van der Waals surface area contributed by atoms with E-state index in [2.05, 4.69) is 26.8 Å². The number of fused-ring (bicyclic) bond motifs is 5. The van der Waals surface area contributed by atoms with Crippen molar-refractivity contribution >= 4 is 5.69 Å². The molecule has 4 rings (SSSR count). The van der Waals surface area contributed by atoms with Crippen LogP contribution in [0, 0.1) is 0 Å². The first-order valence-electron chi connectivity index (χ1n) is 7.15. The molecule has 3 aromatic rings. The van der Waals surface area contributed by atoms with Crippen molar-refractivity contribution in [2.24, 2.45) is 0 Å². The number of hydrogen-bond acceptors (Lipinski definition) is 2. The summed E-state index contributed by atoms with van der Waals surface area (Å²) in [5.41, 5.74) is 5.82. The topological polar surface area (TPSA) is 54.0 Å². The minimum Gasteiger partial charge on any atom is -0.680 e. The Kier molecular flexibility index (Phi) is 7.66. The average molecular weight is 378 g/mol. The van der Waals surface area contributed by atoms with Crippen LogP contribution >= 0.6 is 0 Å². The van der Waals surface area contributed by atoms with Crippen LogP contribution in [0.2, 0.25) is 0 Å². The Labute approximate surface area is 160 Å². The van der Waals surface area contributed by atoms with Crippen LogP contribution in [0.15, 0.2) is 48.5 Å². The molecule has 23 heavy (non-hydrogen) atoms. The van der Waals surface area contributed by atoms with Crippen molar-refractivity contribution in [2.75, 3.05) is 0 Å². The van der Waals surface area contributed by atoms with E-state index in [0.717, 1.165) is 33.8 Å². The molecule has 1 aromatic heterocycles. The standard InChI is InChI=1S/C15H10N4.C2H6.2V/c1-2-6-11-10(5-1)9-16-13-8-4-3-7-12(13)15-14(11)17-19-18-15;1-2;;/h1-8H,9H2;1-2H3;;/q-2;;;. The predicted octanol–water partition coefficient (Wildman–Crippen LogP) is 4.31. The van der Waals surface area contributed by atoms with Gasteiger partial charge in [-0.05, 0) is 22.5 Å². The van der Waals surface area contributed by atoms with E-state index < -0.39 is 0 Å². The maximum Gasteiger partial charge on any atom is 0 e. The van der Waals surface area contributed by atoms with Crippen molar-refractivity contribution in [1.82, 2.24) is 15.4 Å². The second kappa shape index (κ2) is 8.99. The third-order valence-electron chi connectivity index (χ3n) is 3.37. The first-order valence-corrected chi connectivity index (χ1v) is 7.15. The second-order valence-electron chi connectivity index (χ2n) is 4.48. The van der Waals surface area contributed by atoms with Gasteiger partial charge in [-0.2, -0.15) is 0 Å². The monoisotopic (exact) mass is 378 g/mol. The summed E-state index contributed by atoms with van der Waals surface area (Å²) in [6.07, 6.45) is 0. The van der Waals surface area contributed by atoms with Gasteiger partial charge in [0.1, 0.15) is 0 Å². The molecule has 0 saturated carbocycles. The summed E-state index contributed by atoms with van der Waals surface area (Å²) in [6, 6.07) is 16.1. The number of rotatable bonds is 0. The molecule has 0 fully saturated rings. The first-order chi connectivity index (χ1) is 10.4. The summed E-state index contributed by atoms with van der Waals surface area (Å²) in [5.74, 6) is 0. The van der Waals surface area contributed by atoms with Crippen molar-refractivity contribution in [3.8, 4) is 22.5 Å². The van der Waals surface area contributed by atoms with Crippen molar-refractivity contribution < 1.29 is 37.1 Å². The number of para-hydroxylation sites is 1. The van der Waals surface area contributed by atoms with Crippen LogP contribution in [0.4, 0.5) is 5.69 Å². The van der Waals surface area contributed by atoms with Gasteiger partial charge in [0.05, 0.1) is 0 Å². The maximum atomic E-state index is 4.67. The molecule has 0 N–H and O–H groups in total.